The highest BCUT2D eigenvalue weighted by atomic mass is 16.5. The van der Waals surface area contributed by atoms with Crippen molar-refractivity contribution in [2.75, 3.05) is 0 Å². The Kier molecular flexibility index (Phi) is 3.05. The molecule has 0 unspecified atom stereocenters. The molecule has 1 aromatic carbocycles. The maximum absolute atomic E-state index is 7.44. The van der Waals surface area contributed by atoms with E-state index < -0.39 is 0 Å². The Morgan fingerprint density at radius 1 is 1.29 bits per heavy atom. The van der Waals surface area contributed by atoms with Gasteiger partial charge < -0.3 is 10.5 Å². The first-order chi connectivity index (χ1) is 8.16. The summed E-state index contributed by atoms with van der Waals surface area (Å²) >= 11 is 0. The van der Waals surface area contributed by atoms with Gasteiger partial charge in [0.25, 0.3) is 0 Å². The monoisotopic (exact) mass is 227 g/mol. The molecule has 0 spiro atoms. The molecule has 0 fully saturated rings. The molecule has 1 heterocycles. The Labute approximate surface area is 99.6 Å². The van der Waals surface area contributed by atoms with Gasteiger partial charge >= 0.3 is 0 Å². The molecule has 86 valence electrons. The molecule has 0 bridgehead atoms. The van der Waals surface area contributed by atoms with E-state index in [9.17, 15) is 0 Å². The Balaban J connectivity index is 2.33. The van der Waals surface area contributed by atoms with E-state index >= 15 is 0 Å². The molecule has 0 amide bonds. The van der Waals surface area contributed by atoms with Gasteiger partial charge in [-0.1, -0.05) is 12.1 Å². The van der Waals surface area contributed by atoms with E-state index in [1.165, 1.54) is 0 Å². The second-order valence-corrected chi connectivity index (χ2v) is 3.69. The molecule has 0 aliphatic rings. The van der Waals surface area contributed by atoms with Gasteiger partial charge in [0, 0.05) is 6.20 Å². The lowest BCUT2D eigenvalue weighted by molar-refractivity contribution is 0.461. The van der Waals surface area contributed by atoms with Crippen LogP contribution in [0, 0.1) is 12.3 Å². The van der Waals surface area contributed by atoms with Crippen LogP contribution in [0.3, 0.4) is 0 Å². The lowest BCUT2D eigenvalue weighted by Gasteiger charge is -2.08. The van der Waals surface area contributed by atoms with E-state index in [-0.39, 0.29) is 5.84 Å². The van der Waals surface area contributed by atoms with Crippen LogP contribution in [-0.4, -0.2) is 10.8 Å². The normalized spacial score (nSPS) is 9.94. The lowest BCUT2D eigenvalue weighted by atomic mass is 10.2. The highest BCUT2D eigenvalue weighted by Gasteiger charge is 2.08. The van der Waals surface area contributed by atoms with Gasteiger partial charge in [-0.3, -0.25) is 5.41 Å². The number of amidine groups is 1. The Bertz CT molecular complexity index is 552. The number of hydrogen-bond donors (Lipinski definition) is 2. The summed E-state index contributed by atoms with van der Waals surface area (Å²) in [7, 11) is 0. The average Bonchev–Trinajstić information content (AvgIpc) is 2.29. The van der Waals surface area contributed by atoms with Crippen molar-refractivity contribution in [3.05, 3.63) is 53.7 Å². The standard InChI is InChI=1S/C13H13N3O/c1-9-4-2-5-10(8-9)17-13-11(12(14)15)6-3-7-16-13/h2-8H,1H3,(H3,14,15). The fraction of sp³-hybridized carbons (Fsp3) is 0.0769. The molecule has 4 nitrogen and oxygen atoms in total. The molecule has 3 N–H and O–H groups in total. The summed E-state index contributed by atoms with van der Waals surface area (Å²) in [5, 5.41) is 7.44. The predicted molar refractivity (Wildman–Crippen MR) is 66.5 cm³/mol. The van der Waals surface area contributed by atoms with Crippen LogP contribution < -0.4 is 10.5 Å². The SMILES string of the molecule is Cc1cccc(Oc2ncccc2C(=N)N)c1. The van der Waals surface area contributed by atoms with Crippen molar-refractivity contribution in [1.82, 2.24) is 4.98 Å². The van der Waals surface area contributed by atoms with Gasteiger partial charge in [-0.2, -0.15) is 0 Å². The van der Waals surface area contributed by atoms with E-state index in [2.05, 4.69) is 4.98 Å². The number of nitrogens with zero attached hydrogens (tertiary/aromatic N) is 1. The van der Waals surface area contributed by atoms with Crippen LogP contribution in [0.2, 0.25) is 0 Å². The van der Waals surface area contributed by atoms with E-state index in [0.717, 1.165) is 5.56 Å². The first-order valence-corrected chi connectivity index (χ1v) is 5.21. The molecule has 2 rings (SSSR count). The zero-order valence-electron chi connectivity index (χ0n) is 9.47. The number of rotatable bonds is 3. The van der Waals surface area contributed by atoms with Gasteiger partial charge in [-0.05, 0) is 36.8 Å². The molecule has 0 aliphatic heterocycles. The number of nitrogen functional groups attached to an aromatic ring is 1. The summed E-state index contributed by atoms with van der Waals surface area (Å²) in [6.45, 7) is 1.98. The number of aromatic nitrogens is 1. The molecular formula is C13H13N3O. The fourth-order valence-corrected chi connectivity index (χ4v) is 1.47. The molecule has 0 atom stereocenters. The molecule has 0 saturated carbocycles. The summed E-state index contributed by atoms with van der Waals surface area (Å²) in [5.74, 6) is 0.984. The smallest absolute Gasteiger partial charge is 0.230 e. The summed E-state index contributed by atoms with van der Waals surface area (Å²) in [4.78, 5) is 4.08. The molecule has 2 aromatic rings. The molecule has 0 radical (unpaired) electrons. The van der Waals surface area contributed by atoms with Gasteiger partial charge in [-0.15, -0.1) is 0 Å². The third-order valence-electron chi connectivity index (χ3n) is 2.27. The molecule has 0 saturated heterocycles. The third kappa shape index (κ3) is 2.60. The van der Waals surface area contributed by atoms with Crippen molar-refractivity contribution in [3.63, 3.8) is 0 Å². The number of hydrogen-bond acceptors (Lipinski definition) is 3. The average molecular weight is 227 g/mol. The second-order valence-electron chi connectivity index (χ2n) is 3.69. The molecule has 4 heteroatoms. The predicted octanol–water partition coefficient (Wildman–Crippen LogP) is 2.47. The Morgan fingerprint density at radius 2 is 2.12 bits per heavy atom. The quantitative estimate of drug-likeness (QED) is 0.625. The minimum Gasteiger partial charge on any atom is -0.438 e. The van der Waals surface area contributed by atoms with Crippen molar-refractivity contribution in [2.24, 2.45) is 5.73 Å². The Hall–Kier alpha value is -2.36. The zero-order chi connectivity index (χ0) is 12.3. The van der Waals surface area contributed by atoms with E-state index in [0.29, 0.717) is 17.2 Å². The summed E-state index contributed by atoms with van der Waals surface area (Å²) < 4.78 is 5.62. The molecule has 17 heavy (non-hydrogen) atoms. The first-order valence-electron chi connectivity index (χ1n) is 5.21. The topological polar surface area (TPSA) is 72.0 Å². The molecule has 1 aromatic heterocycles. The molecule has 0 aliphatic carbocycles. The zero-order valence-corrected chi connectivity index (χ0v) is 9.47. The maximum atomic E-state index is 7.44. The number of pyridine rings is 1. The Morgan fingerprint density at radius 3 is 2.82 bits per heavy atom. The van der Waals surface area contributed by atoms with Crippen LogP contribution in [0.1, 0.15) is 11.1 Å². The lowest BCUT2D eigenvalue weighted by Crippen LogP contribution is -2.12. The van der Waals surface area contributed by atoms with Crippen molar-refractivity contribution in [3.8, 4) is 11.6 Å². The first kappa shape index (κ1) is 11.1. The van der Waals surface area contributed by atoms with Gasteiger partial charge in [-0.25, -0.2) is 4.98 Å². The van der Waals surface area contributed by atoms with Crippen molar-refractivity contribution >= 4 is 5.84 Å². The summed E-state index contributed by atoms with van der Waals surface area (Å²) in [6.07, 6.45) is 1.61. The number of nitrogens with one attached hydrogen (secondary N) is 1. The number of aryl methyl sites for hydroxylation is 1. The van der Waals surface area contributed by atoms with Gasteiger partial charge in [0.05, 0.1) is 5.56 Å². The van der Waals surface area contributed by atoms with E-state index in [1.807, 2.05) is 31.2 Å². The van der Waals surface area contributed by atoms with Crippen LogP contribution in [0.15, 0.2) is 42.6 Å². The minimum absolute atomic E-state index is 0.0549. The maximum Gasteiger partial charge on any atom is 0.230 e. The van der Waals surface area contributed by atoms with Crippen molar-refractivity contribution < 1.29 is 4.74 Å². The fourth-order valence-electron chi connectivity index (χ4n) is 1.47. The molecular weight excluding hydrogens is 214 g/mol. The van der Waals surface area contributed by atoms with Crippen LogP contribution in [0.4, 0.5) is 0 Å². The van der Waals surface area contributed by atoms with E-state index in [1.54, 1.807) is 18.3 Å². The van der Waals surface area contributed by atoms with Gasteiger partial charge in [0.1, 0.15) is 11.6 Å². The van der Waals surface area contributed by atoms with Crippen LogP contribution in [0.25, 0.3) is 0 Å². The summed E-state index contributed by atoms with van der Waals surface area (Å²) in [5.41, 5.74) is 7.06. The van der Waals surface area contributed by atoms with Crippen LogP contribution in [-0.2, 0) is 0 Å². The van der Waals surface area contributed by atoms with Crippen LogP contribution >= 0.6 is 0 Å². The number of benzene rings is 1. The van der Waals surface area contributed by atoms with Crippen LogP contribution in [0.5, 0.6) is 11.6 Å². The minimum atomic E-state index is -0.0549. The van der Waals surface area contributed by atoms with Gasteiger partial charge in [0.2, 0.25) is 5.88 Å². The second kappa shape index (κ2) is 4.65. The highest BCUT2D eigenvalue weighted by Crippen LogP contribution is 2.23. The van der Waals surface area contributed by atoms with Gasteiger partial charge in [0.15, 0.2) is 0 Å². The van der Waals surface area contributed by atoms with Crippen molar-refractivity contribution in [2.45, 2.75) is 6.92 Å². The number of nitrogens with two attached hydrogens (primary N) is 1. The largest absolute Gasteiger partial charge is 0.438 e. The van der Waals surface area contributed by atoms with Crippen molar-refractivity contribution in [1.29, 1.82) is 5.41 Å². The highest BCUT2D eigenvalue weighted by molar-refractivity contribution is 5.97. The number of ether oxygens (including phenoxy) is 1. The third-order valence-corrected chi connectivity index (χ3v) is 2.27. The summed E-state index contributed by atoms with van der Waals surface area (Å²) in [6, 6.07) is 11.1. The van der Waals surface area contributed by atoms with E-state index in [4.69, 9.17) is 15.9 Å².